The van der Waals surface area contributed by atoms with E-state index in [4.69, 9.17) is 5.11 Å². The highest BCUT2D eigenvalue weighted by molar-refractivity contribution is 5.84. The Bertz CT molecular complexity index is 253. The molecular weight excluding hydrogens is 208 g/mol. The second-order valence-electron chi connectivity index (χ2n) is 3.52. The molecular formula is C8H14O7. The summed E-state index contributed by atoms with van der Waals surface area (Å²) in [5, 5.41) is 46.4. The van der Waals surface area contributed by atoms with Crippen LogP contribution in [0.5, 0.6) is 0 Å². The molecule has 0 bridgehead atoms. The van der Waals surface area contributed by atoms with E-state index in [2.05, 4.69) is 4.74 Å². The smallest absolute Gasteiger partial charge is 0.256 e. The van der Waals surface area contributed by atoms with E-state index in [9.17, 15) is 25.2 Å². The Kier molecular flexibility index (Phi) is 3.44. The molecule has 0 aliphatic carbocycles. The Balaban J connectivity index is 2.97. The predicted octanol–water partition coefficient (Wildman–Crippen LogP) is -3.26. The van der Waals surface area contributed by atoms with Gasteiger partial charge in [0.25, 0.3) is 5.79 Å². The minimum atomic E-state index is -2.59. The molecule has 15 heavy (non-hydrogen) atoms. The van der Waals surface area contributed by atoms with Crippen molar-refractivity contribution in [1.82, 2.24) is 0 Å². The van der Waals surface area contributed by atoms with Gasteiger partial charge in [-0.2, -0.15) is 0 Å². The van der Waals surface area contributed by atoms with Gasteiger partial charge in [0.1, 0.15) is 24.4 Å². The molecule has 1 rings (SSSR count). The number of rotatable bonds is 2. The zero-order valence-electron chi connectivity index (χ0n) is 8.07. The van der Waals surface area contributed by atoms with Crippen LogP contribution in [-0.2, 0) is 9.53 Å². The van der Waals surface area contributed by atoms with Gasteiger partial charge in [0.2, 0.25) is 0 Å². The molecule has 0 aromatic carbocycles. The van der Waals surface area contributed by atoms with Crippen LogP contribution in [0.2, 0.25) is 0 Å². The summed E-state index contributed by atoms with van der Waals surface area (Å²) in [6, 6.07) is 0. The molecule has 1 aliphatic heterocycles. The van der Waals surface area contributed by atoms with Crippen LogP contribution in [-0.4, -0.2) is 68.1 Å². The molecule has 88 valence electrons. The van der Waals surface area contributed by atoms with Gasteiger partial charge in [-0.3, -0.25) is 4.79 Å². The Hall–Kier alpha value is -0.570. The number of hydrogen-bond donors (Lipinski definition) is 5. The number of carbonyl (C=O) groups is 1. The molecule has 1 aliphatic rings. The lowest BCUT2D eigenvalue weighted by Crippen LogP contribution is -2.67. The maximum Gasteiger partial charge on any atom is 0.256 e. The lowest BCUT2D eigenvalue weighted by atomic mass is 9.90. The van der Waals surface area contributed by atoms with Crippen LogP contribution >= 0.6 is 0 Å². The van der Waals surface area contributed by atoms with Crippen molar-refractivity contribution >= 4 is 5.78 Å². The highest BCUT2D eigenvalue weighted by Crippen LogP contribution is 2.28. The lowest BCUT2D eigenvalue weighted by Gasteiger charge is -2.43. The van der Waals surface area contributed by atoms with Crippen LogP contribution < -0.4 is 0 Å². The van der Waals surface area contributed by atoms with Gasteiger partial charge in [0.15, 0.2) is 5.78 Å². The van der Waals surface area contributed by atoms with Gasteiger partial charge in [0.05, 0.1) is 6.61 Å². The highest BCUT2D eigenvalue weighted by Gasteiger charge is 2.55. The summed E-state index contributed by atoms with van der Waals surface area (Å²) in [6.45, 7) is 0.266. The van der Waals surface area contributed by atoms with Gasteiger partial charge in [-0.15, -0.1) is 0 Å². The molecule has 1 fully saturated rings. The van der Waals surface area contributed by atoms with Crippen LogP contribution in [0, 0.1) is 0 Å². The number of aliphatic hydroxyl groups is 5. The first-order chi connectivity index (χ1) is 6.84. The molecule has 1 heterocycles. The Morgan fingerprint density at radius 2 is 1.87 bits per heavy atom. The minimum Gasteiger partial charge on any atom is -0.394 e. The van der Waals surface area contributed by atoms with Crippen molar-refractivity contribution in [3.05, 3.63) is 0 Å². The van der Waals surface area contributed by atoms with Gasteiger partial charge in [-0.05, 0) is 0 Å². The van der Waals surface area contributed by atoms with E-state index in [1.54, 1.807) is 0 Å². The second kappa shape index (κ2) is 4.12. The summed E-state index contributed by atoms with van der Waals surface area (Å²) in [5.74, 6) is -3.51. The lowest BCUT2D eigenvalue weighted by molar-refractivity contribution is -0.330. The van der Waals surface area contributed by atoms with Crippen LogP contribution in [0.1, 0.15) is 6.92 Å². The van der Waals surface area contributed by atoms with E-state index in [1.165, 1.54) is 0 Å². The fourth-order valence-electron chi connectivity index (χ4n) is 1.44. The average Bonchev–Trinajstić information content (AvgIpc) is 2.20. The average molecular weight is 222 g/mol. The van der Waals surface area contributed by atoms with Crippen LogP contribution in [0.3, 0.4) is 0 Å². The molecule has 0 aromatic rings. The van der Waals surface area contributed by atoms with Crippen molar-refractivity contribution < 1.29 is 35.1 Å². The molecule has 7 nitrogen and oxygen atoms in total. The molecule has 0 aromatic heterocycles. The monoisotopic (exact) mass is 222 g/mol. The number of aliphatic hydroxyl groups excluding tert-OH is 4. The quantitative estimate of drug-likeness (QED) is 0.332. The number of ether oxygens (including phenoxy) is 1. The Morgan fingerprint density at radius 3 is 2.27 bits per heavy atom. The van der Waals surface area contributed by atoms with E-state index in [-0.39, 0.29) is 0 Å². The van der Waals surface area contributed by atoms with Crippen LogP contribution in [0.15, 0.2) is 0 Å². The molecule has 0 unspecified atom stereocenters. The molecule has 0 spiro atoms. The van der Waals surface area contributed by atoms with Crippen molar-refractivity contribution in [2.24, 2.45) is 0 Å². The van der Waals surface area contributed by atoms with Gasteiger partial charge < -0.3 is 30.3 Å². The van der Waals surface area contributed by atoms with Gasteiger partial charge in [-0.25, -0.2) is 0 Å². The largest absolute Gasteiger partial charge is 0.394 e. The highest BCUT2D eigenvalue weighted by atomic mass is 16.7. The van der Waals surface area contributed by atoms with E-state index < -0.39 is 42.6 Å². The summed E-state index contributed by atoms with van der Waals surface area (Å²) in [5.41, 5.74) is 0. The van der Waals surface area contributed by atoms with Crippen molar-refractivity contribution in [2.45, 2.75) is 37.1 Å². The summed E-state index contributed by atoms with van der Waals surface area (Å²) >= 11 is 0. The van der Waals surface area contributed by atoms with Crippen molar-refractivity contribution in [3.63, 3.8) is 0 Å². The molecule has 1 saturated heterocycles. The van der Waals surface area contributed by atoms with Crippen molar-refractivity contribution in [1.29, 1.82) is 0 Å². The molecule has 0 radical (unpaired) electrons. The second-order valence-corrected chi connectivity index (χ2v) is 3.52. The summed E-state index contributed by atoms with van der Waals surface area (Å²) in [6.07, 6.45) is -6.60. The Morgan fingerprint density at radius 1 is 1.33 bits per heavy atom. The van der Waals surface area contributed by atoms with Crippen molar-refractivity contribution in [2.75, 3.05) is 6.61 Å². The summed E-state index contributed by atoms with van der Waals surface area (Å²) < 4.78 is 4.68. The molecule has 7 heteroatoms. The Labute approximate surface area is 85.5 Å². The van der Waals surface area contributed by atoms with E-state index in [0.717, 1.165) is 6.92 Å². The number of Topliss-reactive ketones (excluding diaryl/α,β-unsaturated/α-hetero) is 1. The van der Waals surface area contributed by atoms with Gasteiger partial charge in [-0.1, -0.05) is 0 Å². The fourth-order valence-corrected chi connectivity index (χ4v) is 1.44. The third kappa shape index (κ3) is 1.89. The van der Waals surface area contributed by atoms with E-state index >= 15 is 0 Å². The number of ketones is 1. The first-order valence-corrected chi connectivity index (χ1v) is 4.41. The third-order valence-corrected chi connectivity index (χ3v) is 2.47. The zero-order chi connectivity index (χ0) is 11.8. The molecule has 0 saturated carbocycles. The first kappa shape index (κ1) is 12.5. The topological polar surface area (TPSA) is 127 Å². The summed E-state index contributed by atoms with van der Waals surface area (Å²) in [4.78, 5) is 11.0. The van der Waals surface area contributed by atoms with Crippen LogP contribution in [0.25, 0.3) is 0 Å². The van der Waals surface area contributed by atoms with Crippen LogP contribution in [0.4, 0.5) is 0 Å². The standard InChI is InChI=1S/C8H14O7/c1-3(10)8(14)7(13)6(12)5(11)4(2-9)15-8/h4-7,9,11-14H,2H2,1H3/t4-,5+,6+,7-,8-/m1/s1. The normalized spacial score (nSPS) is 46.5. The molecule has 0 amide bonds. The fraction of sp³-hybridized carbons (Fsp3) is 0.875. The zero-order valence-corrected chi connectivity index (χ0v) is 8.07. The summed E-state index contributed by atoms with van der Waals surface area (Å²) in [7, 11) is 0. The van der Waals surface area contributed by atoms with E-state index in [0.29, 0.717) is 0 Å². The predicted molar refractivity (Wildman–Crippen MR) is 45.6 cm³/mol. The first-order valence-electron chi connectivity index (χ1n) is 4.41. The van der Waals surface area contributed by atoms with Gasteiger partial charge in [0, 0.05) is 6.92 Å². The molecule has 5 atom stereocenters. The SMILES string of the molecule is CC(=O)[C@@]1(O)O[C@H](CO)[C@H](O)[C@H](O)[C@H]1O. The number of hydrogen-bond acceptors (Lipinski definition) is 7. The van der Waals surface area contributed by atoms with E-state index in [1.807, 2.05) is 0 Å². The molecule has 5 N–H and O–H groups in total. The third-order valence-electron chi connectivity index (χ3n) is 2.47. The minimum absolute atomic E-state index is 0.694. The van der Waals surface area contributed by atoms with Crippen molar-refractivity contribution in [3.8, 4) is 0 Å². The maximum atomic E-state index is 11.0. The van der Waals surface area contributed by atoms with Gasteiger partial charge >= 0.3 is 0 Å². The maximum absolute atomic E-state index is 11.0. The number of carbonyl (C=O) groups excluding carboxylic acids is 1.